The van der Waals surface area contributed by atoms with Crippen LogP contribution in [0.1, 0.15) is 22.3 Å². The van der Waals surface area contributed by atoms with Crippen molar-refractivity contribution in [3.8, 4) is 0 Å². The number of benzene rings is 2. The summed E-state index contributed by atoms with van der Waals surface area (Å²) < 4.78 is 27.8. The first kappa shape index (κ1) is 19.2. The Balaban J connectivity index is 1.78. The smallest absolute Gasteiger partial charge is 0.243 e. The molecule has 140 valence electrons. The number of rotatable bonds is 3. The predicted octanol–water partition coefficient (Wildman–Crippen LogP) is 4.08. The van der Waals surface area contributed by atoms with Crippen LogP contribution in [0.5, 0.6) is 0 Å². The molecule has 4 nitrogen and oxygen atoms in total. The average molecular weight is 393 g/mol. The summed E-state index contributed by atoms with van der Waals surface area (Å²) in [5.74, 6) is 0. The minimum absolute atomic E-state index is 0.424. The van der Waals surface area contributed by atoms with Crippen LogP contribution >= 0.6 is 11.6 Å². The van der Waals surface area contributed by atoms with Gasteiger partial charge in [-0.1, -0.05) is 23.7 Å². The summed E-state index contributed by atoms with van der Waals surface area (Å²) in [5.41, 5.74) is 5.01. The molecule has 0 unspecified atom stereocenters. The molecule has 2 aromatic carbocycles. The second-order valence-corrected chi connectivity index (χ2v) is 9.34. The first-order valence-corrected chi connectivity index (χ1v) is 10.6. The van der Waals surface area contributed by atoms with Crippen molar-refractivity contribution in [2.75, 3.05) is 31.1 Å². The summed E-state index contributed by atoms with van der Waals surface area (Å²) >= 11 is 6.23. The van der Waals surface area contributed by atoms with Crippen LogP contribution in [0.2, 0.25) is 5.02 Å². The summed E-state index contributed by atoms with van der Waals surface area (Å²) in [6.07, 6.45) is 0. The lowest BCUT2D eigenvalue weighted by Gasteiger charge is -2.35. The molecule has 0 N–H and O–H groups in total. The van der Waals surface area contributed by atoms with Crippen LogP contribution in [-0.4, -0.2) is 38.9 Å². The van der Waals surface area contributed by atoms with E-state index < -0.39 is 10.0 Å². The molecule has 0 atom stereocenters. The lowest BCUT2D eigenvalue weighted by molar-refractivity contribution is 0.384. The number of hydrogen-bond donors (Lipinski definition) is 0. The monoisotopic (exact) mass is 392 g/mol. The molecular formula is C20H25ClN2O2S. The molecule has 1 aliphatic rings. The number of piperazine rings is 1. The molecule has 2 aromatic rings. The van der Waals surface area contributed by atoms with Gasteiger partial charge in [-0.15, -0.1) is 0 Å². The first-order valence-electron chi connectivity index (χ1n) is 8.79. The second kappa shape index (κ2) is 7.22. The Kier molecular flexibility index (Phi) is 5.33. The van der Waals surface area contributed by atoms with E-state index in [1.807, 2.05) is 52.0 Å². The fourth-order valence-electron chi connectivity index (χ4n) is 3.32. The Morgan fingerprint density at radius 1 is 0.808 bits per heavy atom. The van der Waals surface area contributed by atoms with Crippen LogP contribution in [-0.2, 0) is 10.0 Å². The quantitative estimate of drug-likeness (QED) is 0.790. The topological polar surface area (TPSA) is 40.6 Å². The van der Waals surface area contributed by atoms with Gasteiger partial charge in [0.05, 0.1) is 4.90 Å². The molecule has 1 aliphatic heterocycles. The molecule has 0 amide bonds. The van der Waals surface area contributed by atoms with Gasteiger partial charge in [-0.2, -0.15) is 4.31 Å². The van der Waals surface area contributed by atoms with E-state index in [1.165, 1.54) is 0 Å². The number of hydrogen-bond acceptors (Lipinski definition) is 3. The van der Waals surface area contributed by atoms with Crippen molar-refractivity contribution in [1.82, 2.24) is 4.31 Å². The zero-order valence-electron chi connectivity index (χ0n) is 15.7. The maximum atomic E-state index is 13.1. The van der Waals surface area contributed by atoms with Crippen molar-refractivity contribution in [2.24, 2.45) is 0 Å². The van der Waals surface area contributed by atoms with Crippen molar-refractivity contribution in [1.29, 1.82) is 0 Å². The van der Waals surface area contributed by atoms with Gasteiger partial charge in [-0.25, -0.2) is 8.42 Å². The van der Waals surface area contributed by atoms with Gasteiger partial charge >= 0.3 is 0 Å². The normalized spacial score (nSPS) is 16.1. The minimum atomic E-state index is -3.47. The minimum Gasteiger partial charge on any atom is -0.369 e. The van der Waals surface area contributed by atoms with E-state index >= 15 is 0 Å². The van der Waals surface area contributed by atoms with Crippen molar-refractivity contribution in [3.05, 3.63) is 57.6 Å². The third-order valence-electron chi connectivity index (χ3n) is 5.17. The maximum absolute atomic E-state index is 13.1. The SMILES string of the molecule is Cc1cc(C)c(S(=O)(=O)N2CCN(c3ccc(C)c(Cl)c3)CC2)cc1C. The summed E-state index contributed by atoms with van der Waals surface area (Å²) in [5, 5.41) is 0.739. The van der Waals surface area contributed by atoms with Gasteiger partial charge in [0.15, 0.2) is 0 Å². The third kappa shape index (κ3) is 3.61. The van der Waals surface area contributed by atoms with E-state index in [0.717, 1.165) is 33.0 Å². The van der Waals surface area contributed by atoms with Gasteiger partial charge in [-0.3, -0.25) is 0 Å². The van der Waals surface area contributed by atoms with Crippen LogP contribution in [0, 0.1) is 27.7 Å². The molecule has 1 saturated heterocycles. The Bertz CT molecular complexity index is 933. The highest BCUT2D eigenvalue weighted by molar-refractivity contribution is 7.89. The summed E-state index contributed by atoms with van der Waals surface area (Å²) in [6.45, 7) is 10.1. The fourth-order valence-corrected chi connectivity index (χ4v) is 5.20. The lowest BCUT2D eigenvalue weighted by atomic mass is 10.1. The van der Waals surface area contributed by atoms with Gasteiger partial charge in [0.1, 0.15) is 0 Å². The molecular weight excluding hydrogens is 368 g/mol. The second-order valence-electron chi connectivity index (χ2n) is 7.03. The van der Waals surface area contributed by atoms with E-state index in [1.54, 1.807) is 10.4 Å². The third-order valence-corrected chi connectivity index (χ3v) is 7.62. The molecule has 26 heavy (non-hydrogen) atoms. The highest BCUT2D eigenvalue weighted by Gasteiger charge is 2.30. The van der Waals surface area contributed by atoms with Crippen LogP contribution in [0.25, 0.3) is 0 Å². The van der Waals surface area contributed by atoms with Crippen LogP contribution in [0.4, 0.5) is 5.69 Å². The summed E-state index contributed by atoms with van der Waals surface area (Å²) in [4.78, 5) is 2.61. The molecule has 0 spiro atoms. The highest BCUT2D eigenvalue weighted by atomic mass is 35.5. The standard InChI is InChI=1S/C20H25ClN2O2S/c1-14-5-6-18(13-19(14)21)22-7-9-23(10-8-22)26(24,25)20-12-16(3)15(2)11-17(20)4/h5-6,11-13H,7-10H2,1-4H3. The van der Waals surface area contributed by atoms with E-state index in [9.17, 15) is 8.42 Å². The molecule has 3 rings (SSSR count). The Hall–Kier alpha value is -1.56. The van der Waals surface area contributed by atoms with Crippen molar-refractivity contribution < 1.29 is 8.42 Å². The van der Waals surface area contributed by atoms with Crippen molar-refractivity contribution >= 4 is 27.3 Å². The first-order chi connectivity index (χ1) is 12.2. The van der Waals surface area contributed by atoms with Gasteiger partial charge in [0.25, 0.3) is 0 Å². The lowest BCUT2D eigenvalue weighted by Crippen LogP contribution is -2.48. The van der Waals surface area contributed by atoms with Crippen LogP contribution < -0.4 is 4.90 Å². The molecule has 0 saturated carbocycles. The van der Waals surface area contributed by atoms with Crippen molar-refractivity contribution in [2.45, 2.75) is 32.6 Å². The molecule has 0 radical (unpaired) electrons. The van der Waals surface area contributed by atoms with E-state index in [-0.39, 0.29) is 0 Å². The molecule has 1 heterocycles. The van der Waals surface area contributed by atoms with Gasteiger partial charge < -0.3 is 4.90 Å². The zero-order chi connectivity index (χ0) is 19.1. The Morgan fingerprint density at radius 3 is 2.04 bits per heavy atom. The van der Waals surface area contributed by atoms with Gasteiger partial charge in [0.2, 0.25) is 10.0 Å². The van der Waals surface area contributed by atoms with Gasteiger partial charge in [0, 0.05) is 36.9 Å². The zero-order valence-corrected chi connectivity index (χ0v) is 17.3. The molecule has 1 fully saturated rings. The molecule has 0 aromatic heterocycles. The number of sulfonamides is 1. The van der Waals surface area contributed by atoms with Gasteiger partial charge in [-0.05, 0) is 68.1 Å². The number of nitrogens with zero attached hydrogens (tertiary/aromatic N) is 2. The fraction of sp³-hybridized carbons (Fsp3) is 0.400. The molecule has 6 heteroatoms. The summed E-state index contributed by atoms with van der Waals surface area (Å²) in [7, 11) is -3.47. The van der Waals surface area contributed by atoms with Crippen LogP contribution in [0.15, 0.2) is 35.2 Å². The van der Waals surface area contributed by atoms with E-state index in [0.29, 0.717) is 31.1 Å². The average Bonchev–Trinajstić information content (AvgIpc) is 2.60. The predicted molar refractivity (Wildman–Crippen MR) is 108 cm³/mol. The largest absolute Gasteiger partial charge is 0.369 e. The summed E-state index contributed by atoms with van der Waals surface area (Å²) in [6, 6.07) is 9.74. The van der Waals surface area contributed by atoms with Crippen LogP contribution in [0.3, 0.4) is 0 Å². The number of anilines is 1. The number of halogens is 1. The van der Waals surface area contributed by atoms with E-state index in [2.05, 4.69) is 4.90 Å². The maximum Gasteiger partial charge on any atom is 0.243 e. The number of aryl methyl sites for hydroxylation is 4. The molecule has 0 bridgehead atoms. The Labute approximate surface area is 161 Å². The van der Waals surface area contributed by atoms with E-state index in [4.69, 9.17) is 11.6 Å². The molecule has 0 aliphatic carbocycles. The van der Waals surface area contributed by atoms with Crippen molar-refractivity contribution in [3.63, 3.8) is 0 Å². The highest BCUT2D eigenvalue weighted by Crippen LogP contribution is 2.27. The Morgan fingerprint density at radius 2 is 1.42 bits per heavy atom.